The van der Waals surface area contributed by atoms with Crippen molar-refractivity contribution in [3.05, 3.63) is 29.6 Å². The summed E-state index contributed by atoms with van der Waals surface area (Å²) >= 11 is 0. The SMILES string of the molecule is CCC(C)NC(=O)CCNC(=O)c1ccnc(C(=O)O)c1. The minimum Gasteiger partial charge on any atom is -0.477 e. The monoisotopic (exact) mass is 293 g/mol. The molecule has 0 saturated heterocycles. The van der Waals surface area contributed by atoms with Gasteiger partial charge >= 0.3 is 5.97 Å². The molecule has 0 fully saturated rings. The van der Waals surface area contributed by atoms with Gasteiger partial charge in [-0.25, -0.2) is 9.78 Å². The number of nitrogens with one attached hydrogen (secondary N) is 2. The minimum absolute atomic E-state index is 0.103. The zero-order valence-electron chi connectivity index (χ0n) is 12.0. The normalized spacial score (nSPS) is 11.5. The van der Waals surface area contributed by atoms with E-state index in [1.165, 1.54) is 18.3 Å². The van der Waals surface area contributed by atoms with Crippen molar-refractivity contribution in [1.82, 2.24) is 15.6 Å². The molecule has 0 saturated carbocycles. The summed E-state index contributed by atoms with van der Waals surface area (Å²) in [6.07, 6.45) is 2.27. The lowest BCUT2D eigenvalue weighted by Crippen LogP contribution is -2.35. The van der Waals surface area contributed by atoms with Crippen molar-refractivity contribution in [2.75, 3.05) is 6.54 Å². The standard InChI is InChI=1S/C14H19N3O4/c1-3-9(2)17-12(18)5-7-16-13(19)10-4-6-15-11(8-10)14(20)21/h4,6,8-9H,3,5,7H2,1-2H3,(H,16,19)(H,17,18)(H,20,21). The van der Waals surface area contributed by atoms with Crippen LogP contribution < -0.4 is 10.6 Å². The summed E-state index contributed by atoms with van der Waals surface area (Å²) in [7, 11) is 0. The second-order valence-electron chi connectivity index (χ2n) is 4.62. The number of amides is 2. The molecule has 2 amide bonds. The van der Waals surface area contributed by atoms with Gasteiger partial charge < -0.3 is 15.7 Å². The van der Waals surface area contributed by atoms with Gasteiger partial charge in [0.2, 0.25) is 5.91 Å². The third-order valence-electron chi connectivity index (χ3n) is 2.90. The van der Waals surface area contributed by atoms with E-state index in [9.17, 15) is 14.4 Å². The molecule has 0 aliphatic rings. The first kappa shape index (κ1) is 16.6. The fraction of sp³-hybridized carbons (Fsp3) is 0.429. The zero-order valence-corrected chi connectivity index (χ0v) is 12.0. The van der Waals surface area contributed by atoms with Crippen LogP contribution in [-0.4, -0.2) is 40.5 Å². The molecule has 1 rings (SSSR count). The van der Waals surface area contributed by atoms with Gasteiger partial charge in [-0.05, 0) is 25.5 Å². The van der Waals surface area contributed by atoms with E-state index in [1.807, 2.05) is 13.8 Å². The lowest BCUT2D eigenvalue weighted by Gasteiger charge is -2.11. The molecule has 7 nitrogen and oxygen atoms in total. The van der Waals surface area contributed by atoms with Crippen LogP contribution in [0.15, 0.2) is 18.3 Å². The number of nitrogens with zero attached hydrogens (tertiary/aromatic N) is 1. The molecule has 0 bridgehead atoms. The first-order valence-corrected chi connectivity index (χ1v) is 6.71. The van der Waals surface area contributed by atoms with E-state index in [4.69, 9.17) is 5.11 Å². The summed E-state index contributed by atoms with van der Waals surface area (Å²) in [5.41, 5.74) is 0.00176. The lowest BCUT2D eigenvalue weighted by molar-refractivity contribution is -0.121. The second kappa shape index (κ2) is 7.98. The van der Waals surface area contributed by atoms with Crippen LogP contribution in [0.25, 0.3) is 0 Å². The number of carboxylic acids is 1. The largest absolute Gasteiger partial charge is 0.477 e. The highest BCUT2D eigenvalue weighted by Gasteiger charge is 2.11. The lowest BCUT2D eigenvalue weighted by atomic mass is 10.2. The van der Waals surface area contributed by atoms with Gasteiger partial charge in [0.05, 0.1) is 0 Å². The first-order chi connectivity index (χ1) is 9.93. The second-order valence-corrected chi connectivity index (χ2v) is 4.62. The molecule has 1 aromatic rings. The van der Waals surface area contributed by atoms with Crippen LogP contribution in [-0.2, 0) is 4.79 Å². The van der Waals surface area contributed by atoms with Gasteiger partial charge in [-0.15, -0.1) is 0 Å². The third-order valence-corrected chi connectivity index (χ3v) is 2.90. The molecule has 1 unspecified atom stereocenters. The topological polar surface area (TPSA) is 108 Å². The molecule has 1 heterocycles. The number of pyridine rings is 1. The van der Waals surface area contributed by atoms with Crippen LogP contribution in [0.3, 0.4) is 0 Å². The molecule has 21 heavy (non-hydrogen) atoms. The quantitative estimate of drug-likeness (QED) is 0.689. The summed E-state index contributed by atoms with van der Waals surface area (Å²) in [5, 5.41) is 14.2. The summed E-state index contributed by atoms with van der Waals surface area (Å²) < 4.78 is 0. The van der Waals surface area contributed by atoms with Gasteiger partial charge in [0.15, 0.2) is 0 Å². The van der Waals surface area contributed by atoms with E-state index in [2.05, 4.69) is 15.6 Å². The Morgan fingerprint density at radius 2 is 2.10 bits per heavy atom. The zero-order chi connectivity index (χ0) is 15.8. The van der Waals surface area contributed by atoms with Crippen molar-refractivity contribution in [3.8, 4) is 0 Å². The fourth-order valence-corrected chi connectivity index (χ4v) is 1.53. The summed E-state index contributed by atoms with van der Waals surface area (Å²) in [4.78, 5) is 37.7. The van der Waals surface area contributed by atoms with Gasteiger partial charge in [0, 0.05) is 30.8 Å². The number of carbonyl (C=O) groups is 3. The molecule has 114 valence electrons. The maximum Gasteiger partial charge on any atom is 0.354 e. The van der Waals surface area contributed by atoms with Gasteiger partial charge in [-0.2, -0.15) is 0 Å². The van der Waals surface area contributed by atoms with E-state index in [0.717, 1.165) is 6.42 Å². The molecule has 0 aliphatic carbocycles. The van der Waals surface area contributed by atoms with Crippen molar-refractivity contribution in [2.45, 2.75) is 32.7 Å². The molecule has 1 aromatic heterocycles. The molecule has 3 N–H and O–H groups in total. The Hall–Kier alpha value is -2.44. The Morgan fingerprint density at radius 3 is 2.71 bits per heavy atom. The Labute approximate surface area is 122 Å². The van der Waals surface area contributed by atoms with E-state index in [1.54, 1.807) is 0 Å². The Balaban J connectivity index is 2.45. The number of carbonyl (C=O) groups excluding carboxylic acids is 2. The maximum atomic E-state index is 11.8. The van der Waals surface area contributed by atoms with Crippen molar-refractivity contribution in [1.29, 1.82) is 0 Å². The van der Waals surface area contributed by atoms with Crippen LogP contribution in [0.2, 0.25) is 0 Å². The number of carboxylic acid groups (broad SMARTS) is 1. The minimum atomic E-state index is -1.20. The number of aromatic nitrogens is 1. The summed E-state index contributed by atoms with van der Waals surface area (Å²) in [6.45, 7) is 4.06. The van der Waals surface area contributed by atoms with Crippen molar-refractivity contribution in [2.24, 2.45) is 0 Å². The van der Waals surface area contributed by atoms with E-state index >= 15 is 0 Å². The highest BCUT2D eigenvalue weighted by Crippen LogP contribution is 2.02. The number of hydrogen-bond donors (Lipinski definition) is 3. The van der Waals surface area contributed by atoms with Crippen LogP contribution >= 0.6 is 0 Å². The van der Waals surface area contributed by atoms with Crippen molar-refractivity contribution >= 4 is 17.8 Å². The Bertz CT molecular complexity index is 531. The molecule has 7 heteroatoms. The first-order valence-electron chi connectivity index (χ1n) is 6.71. The van der Waals surface area contributed by atoms with Crippen LogP contribution in [0, 0.1) is 0 Å². The predicted molar refractivity (Wildman–Crippen MR) is 76.0 cm³/mol. The highest BCUT2D eigenvalue weighted by atomic mass is 16.4. The maximum absolute atomic E-state index is 11.8. The van der Waals surface area contributed by atoms with Gasteiger partial charge in [0.25, 0.3) is 5.91 Å². The molecule has 1 atom stereocenters. The van der Waals surface area contributed by atoms with E-state index < -0.39 is 11.9 Å². The van der Waals surface area contributed by atoms with E-state index in [0.29, 0.717) is 0 Å². The van der Waals surface area contributed by atoms with Crippen LogP contribution in [0.1, 0.15) is 47.5 Å². The van der Waals surface area contributed by atoms with E-state index in [-0.39, 0.29) is 36.2 Å². The van der Waals surface area contributed by atoms with Crippen LogP contribution in [0.5, 0.6) is 0 Å². The average Bonchev–Trinajstić information content (AvgIpc) is 2.46. The van der Waals surface area contributed by atoms with Gasteiger partial charge in [-0.1, -0.05) is 6.92 Å². The molecule has 0 spiro atoms. The average molecular weight is 293 g/mol. The summed E-state index contributed by atoms with van der Waals surface area (Å²) in [6, 6.07) is 2.71. The molecular weight excluding hydrogens is 274 g/mol. The molecular formula is C14H19N3O4. The van der Waals surface area contributed by atoms with Crippen LogP contribution in [0.4, 0.5) is 0 Å². The molecule has 0 aromatic carbocycles. The number of aromatic carboxylic acids is 1. The molecule has 0 aliphatic heterocycles. The van der Waals surface area contributed by atoms with Crippen molar-refractivity contribution in [3.63, 3.8) is 0 Å². The Kier molecular flexibility index (Phi) is 6.32. The predicted octanol–water partition coefficient (Wildman–Crippen LogP) is 0.814. The van der Waals surface area contributed by atoms with Gasteiger partial charge in [-0.3, -0.25) is 9.59 Å². The molecule has 0 radical (unpaired) electrons. The third kappa shape index (κ3) is 5.60. The van der Waals surface area contributed by atoms with Crippen molar-refractivity contribution < 1.29 is 19.5 Å². The fourth-order valence-electron chi connectivity index (χ4n) is 1.53. The smallest absolute Gasteiger partial charge is 0.354 e. The number of rotatable bonds is 7. The Morgan fingerprint density at radius 1 is 1.38 bits per heavy atom. The summed E-state index contributed by atoms with van der Waals surface area (Å²) in [5.74, 6) is -1.76. The number of hydrogen-bond acceptors (Lipinski definition) is 4. The van der Waals surface area contributed by atoms with Gasteiger partial charge in [0.1, 0.15) is 5.69 Å². The highest BCUT2D eigenvalue weighted by molar-refractivity contribution is 5.96.